The molecule has 0 atom stereocenters. The van der Waals surface area contributed by atoms with Crippen molar-refractivity contribution in [1.29, 1.82) is 0 Å². The minimum absolute atomic E-state index is 0.845. The highest BCUT2D eigenvalue weighted by molar-refractivity contribution is 6.29. The summed E-state index contributed by atoms with van der Waals surface area (Å²) in [6.45, 7) is 0. The highest BCUT2D eigenvalue weighted by Crippen LogP contribution is 2.49. The number of para-hydroxylation sites is 2. The Balaban J connectivity index is 1.13. The third-order valence-corrected chi connectivity index (χ3v) is 11.4. The molecular weight excluding hydrogens is 657 g/mol. The van der Waals surface area contributed by atoms with Crippen molar-refractivity contribution in [2.45, 2.75) is 0 Å². The van der Waals surface area contributed by atoms with Gasteiger partial charge in [0.2, 0.25) is 0 Å². The molecule has 0 aliphatic rings. The Kier molecular flexibility index (Phi) is 6.09. The van der Waals surface area contributed by atoms with Crippen LogP contribution in [-0.4, -0.2) is 0 Å². The van der Waals surface area contributed by atoms with Crippen molar-refractivity contribution in [2.24, 2.45) is 0 Å². The lowest BCUT2D eigenvalue weighted by Crippen LogP contribution is -1.91. The van der Waals surface area contributed by atoms with Gasteiger partial charge in [-0.05, 0) is 89.6 Å². The highest BCUT2D eigenvalue weighted by Gasteiger charge is 2.24. The average molecular weight is 687 g/mol. The Bertz CT molecular complexity index is 3430. The van der Waals surface area contributed by atoms with Crippen molar-refractivity contribution in [1.82, 2.24) is 0 Å². The third kappa shape index (κ3) is 4.11. The molecular formula is C52H30O2. The summed E-state index contributed by atoms with van der Waals surface area (Å²) in [5, 5.41) is 14.1. The summed E-state index contributed by atoms with van der Waals surface area (Å²) in [6, 6.07) is 65.6. The molecule has 2 nitrogen and oxygen atoms in total. The predicted octanol–water partition coefficient (Wildman–Crippen LogP) is 15.1. The molecule has 54 heavy (non-hydrogen) atoms. The van der Waals surface area contributed by atoms with E-state index in [1.807, 2.05) is 12.1 Å². The lowest BCUT2D eigenvalue weighted by Gasteiger charge is -2.18. The summed E-state index contributed by atoms with van der Waals surface area (Å²) in [6.07, 6.45) is 0. The topological polar surface area (TPSA) is 26.3 Å². The van der Waals surface area contributed by atoms with Gasteiger partial charge >= 0.3 is 0 Å². The van der Waals surface area contributed by atoms with Gasteiger partial charge < -0.3 is 8.83 Å². The molecule has 0 saturated heterocycles. The van der Waals surface area contributed by atoms with E-state index in [0.717, 1.165) is 49.4 Å². The van der Waals surface area contributed by atoms with Crippen LogP contribution < -0.4 is 0 Å². The van der Waals surface area contributed by atoms with E-state index in [2.05, 4.69) is 170 Å². The number of benzene rings is 10. The molecule has 2 heterocycles. The van der Waals surface area contributed by atoms with Gasteiger partial charge in [0.1, 0.15) is 22.3 Å². The van der Waals surface area contributed by atoms with E-state index in [9.17, 15) is 0 Å². The second-order valence-electron chi connectivity index (χ2n) is 14.3. The van der Waals surface area contributed by atoms with Crippen LogP contribution in [0.3, 0.4) is 0 Å². The number of hydrogen-bond acceptors (Lipinski definition) is 2. The average Bonchev–Trinajstić information content (AvgIpc) is 3.81. The largest absolute Gasteiger partial charge is 0.455 e. The molecule has 12 aromatic rings. The van der Waals surface area contributed by atoms with Crippen LogP contribution in [0.1, 0.15) is 0 Å². The molecule has 2 heteroatoms. The van der Waals surface area contributed by atoms with E-state index in [1.54, 1.807) is 0 Å². The Morgan fingerprint density at radius 1 is 0.278 bits per heavy atom. The minimum atomic E-state index is 0.845. The molecule has 0 saturated carbocycles. The Morgan fingerprint density at radius 3 is 1.44 bits per heavy atom. The van der Waals surface area contributed by atoms with E-state index in [0.29, 0.717) is 0 Å². The molecule has 250 valence electrons. The van der Waals surface area contributed by atoms with Gasteiger partial charge in [0.05, 0.1) is 5.39 Å². The van der Waals surface area contributed by atoms with E-state index in [4.69, 9.17) is 8.83 Å². The van der Waals surface area contributed by atoms with Gasteiger partial charge in [-0.25, -0.2) is 0 Å². The van der Waals surface area contributed by atoms with Crippen LogP contribution in [0, 0.1) is 0 Å². The quantitative estimate of drug-likeness (QED) is 0.137. The fraction of sp³-hybridized carbons (Fsp3) is 0. The molecule has 0 spiro atoms. The van der Waals surface area contributed by atoms with Gasteiger partial charge in [-0.2, -0.15) is 0 Å². The van der Waals surface area contributed by atoms with Crippen LogP contribution >= 0.6 is 0 Å². The van der Waals surface area contributed by atoms with E-state index in [1.165, 1.54) is 70.9 Å². The molecule has 0 unspecified atom stereocenters. The fourth-order valence-electron chi connectivity index (χ4n) is 9.09. The number of rotatable bonds is 3. The van der Waals surface area contributed by atoms with Gasteiger partial charge in [0.15, 0.2) is 0 Å². The molecule has 0 bridgehead atoms. The maximum atomic E-state index is 6.81. The minimum Gasteiger partial charge on any atom is -0.455 e. The molecule has 10 aromatic carbocycles. The van der Waals surface area contributed by atoms with Crippen molar-refractivity contribution in [3.8, 4) is 33.4 Å². The summed E-state index contributed by atoms with van der Waals surface area (Å²) < 4.78 is 13.4. The first-order valence-electron chi connectivity index (χ1n) is 18.5. The lowest BCUT2D eigenvalue weighted by atomic mass is 9.84. The summed E-state index contributed by atoms with van der Waals surface area (Å²) in [7, 11) is 0. The normalized spacial score (nSPS) is 12.1. The van der Waals surface area contributed by atoms with Crippen LogP contribution in [-0.2, 0) is 0 Å². The monoisotopic (exact) mass is 686 g/mol. The van der Waals surface area contributed by atoms with E-state index in [-0.39, 0.29) is 0 Å². The van der Waals surface area contributed by atoms with E-state index >= 15 is 0 Å². The molecule has 0 amide bonds. The second kappa shape index (κ2) is 11.2. The van der Waals surface area contributed by atoms with Crippen molar-refractivity contribution in [2.75, 3.05) is 0 Å². The summed E-state index contributed by atoms with van der Waals surface area (Å²) >= 11 is 0. The van der Waals surface area contributed by atoms with Crippen molar-refractivity contribution >= 4 is 87.0 Å². The molecule has 0 aliphatic carbocycles. The van der Waals surface area contributed by atoms with Crippen LogP contribution in [0.25, 0.3) is 120 Å². The van der Waals surface area contributed by atoms with Crippen LogP contribution in [0.4, 0.5) is 0 Å². The Labute approximate surface area is 310 Å². The van der Waals surface area contributed by atoms with Crippen LogP contribution in [0.2, 0.25) is 0 Å². The maximum absolute atomic E-state index is 6.81. The van der Waals surface area contributed by atoms with Gasteiger partial charge in [-0.3, -0.25) is 0 Å². The first-order valence-corrected chi connectivity index (χ1v) is 18.5. The second-order valence-corrected chi connectivity index (χ2v) is 14.3. The number of furan rings is 2. The summed E-state index contributed by atoms with van der Waals surface area (Å²) in [4.78, 5) is 0. The zero-order chi connectivity index (χ0) is 35.3. The highest BCUT2D eigenvalue weighted by atomic mass is 16.3. The summed E-state index contributed by atoms with van der Waals surface area (Å²) in [5.74, 6) is 0. The molecule has 12 rings (SSSR count). The fourth-order valence-corrected chi connectivity index (χ4v) is 9.09. The Morgan fingerprint density at radius 2 is 0.759 bits per heavy atom. The smallest absolute Gasteiger partial charge is 0.147 e. The molecule has 2 aromatic heterocycles. The zero-order valence-corrected chi connectivity index (χ0v) is 29.1. The number of fused-ring (bicyclic) bond motifs is 12. The third-order valence-electron chi connectivity index (χ3n) is 11.4. The zero-order valence-electron chi connectivity index (χ0n) is 29.1. The molecule has 0 aliphatic heterocycles. The summed E-state index contributed by atoms with van der Waals surface area (Å²) in [5.41, 5.74) is 10.5. The van der Waals surface area contributed by atoms with Gasteiger partial charge in [-0.15, -0.1) is 0 Å². The predicted molar refractivity (Wildman–Crippen MR) is 227 cm³/mol. The maximum Gasteiger partial charge on any atom is 0.147 e. The van der Waals surface area contributed by atoms with Gasteiger partial charge in [0, 0.05) is 27.3 Å². The van der Waals surface area contributed by atoms with Gasteiger partial charge in [-0.1, -0.05) is 158 Å². The standard InChI is InChI=1S/C52H30O2/c1-2-14-34-33(13-1)29-43(36-16-4-3-15-35(34)36)31-25-27-32(28-26-31)48-38-18-5-7-20-40(38)49(41-21-8-6-19-39(41)48)45-30-44-37-17-9-11-23-46(37)53-51(44)50-42-22-10-12-24-47(42)54-52(45)50/h1-30H. The Hall–Kier alpha value is -7.16. The molecule has 0 radical (unpaired) electrons. The first-order chi connectivity index (χ1) is 26.8. The van der Waals surface area contributed by atoms with Crippen LogP contribution in [0.5, 0.6) is 0 Å². The lowest BCUT2D eigenvalue weighted by molar-refractivity contribution is 0.663. The van der Waals surface area contributed by atoms with E-state index < -0.39 is 0 Å². The van der Waals surface area contributed by atoms with Crippen molar-refractivity contribution in [3.63, 3.8) is 0 Å². The SMILES string of the molecule is c1ccc2c(c1)cc(-c1ccc(-c3c4ccccc4c(-c4cc5c6ccccc6oc5c5c4oc4ccccc45)c4ccccc34)cc1)c1ccccc12. The van der Waals surface area contributed by atoms with Crippen molar-refractivity contribution in [3.05, 3.63) is 182 Å². The first kappa shape index (κ1) is 29.4. The van der Waals surface area contributed by atoms with Gasteiger partial charge in [0.25, 0.3) is 0 Å². The molecule has 0 N–H and O–H groups in total. The van der Waals surface area contributed by atoms with Crippen LogP contribution in [0.15, 0.2) is 191 Å². The van der Waals surface area contributed by atoms with Crippen molar-refractivity contribution < 1.29 is 8.83 Å². The number of hydrogen-bond donors (Lipinski definition) is 0. The molecule has 0 fully saturated rings.